The van der Waals surface area contributed by atoms with Crippen LogP contribution in [0.25, 0.3) is 0 Å². The van der Waals surface area contributed by atoms with Gasteiger partial charge in [-0.3, -0.25) is 9.69 Å². The van der Waals surface area contributed by atoms with Gasteiger partial charge in [0.05, 0.1) is 6.33 Å². The monoisotopic (exact) mass is 339 g/mol. The van der Waals surface area contributed by atoms with E-state index < -0.39 is 0 Å². The van der Waals surface area contributed by atoms with Crippen LogP contribution in [0.4, 0.5) is 0 Å². The van der Waals surface area contributed by atoms with Crippen molar-refractivity contribution in [3.63, 3.8) is 0 Å². The van der Waals surface area contributed by atoms with Gasteiger partial charge in [0.25, 0.3) is 5.91 Å². The van der Waals surface area contributed by atoms with Crippen LogP contribution in [0.3, 0.4) is 0 Å². The highest BCUT2D eigenvalue weighted by molar-refractivity contribution is 5.94. The zero-order chi connectivity index (χ0) is 17.1. The zero-order valence-corrected chi connectivity index (χ0v) is 14.5. The van der Waals surface area contributed by atoms with Crippen LogP contribution in [-0.2, 0) is 6.54 Å². The molecule has 2 saturated heterocycles. The Hall–Kier alpha value is -2.18. The highest BCUT2D eigenvalue weighted by Crippen LogP contribution is 2.19. The van der Waals surface area contributed by atoms with Gasteiger partial charge in [-0.15, -0.1) is 0 Å². The van der Waals surface area contributed by atoms with Crippen molar-refractivity contribution in [2.24, 2.45) is 0 Å². The quantitative estimate of drug-likeness (QED) is 0.905. The second kappa shape index (κ2) is 7.37. The first-order valence-electron chi connectivity index (χ1n) is 9.08. The van der Waals surface area contributed by atoms with Crippen molar-refractivity contribution in [1.82, 2.24) is 24.7 Å². The van der Waals surface area contributed by atoms with E-state index in [2.05, 4.69) is 15.2 Å². The van der Waals surface area contributed by atoms with Gasteiger partial charge in [-0.1, -0.05) is 12.1 Å². The number of rotatable bonds is 4. The van der Waals surface area contributed by atoms with Crippen LogP contribution in [0, 0.1) is 0 Å². The molecule has 1 aromatic heterocycles. The number of benzene rings is 1. The predicted octanol–water partition coefficient (Wildman–Crippen LogP) is 1.05. The molecular formula is C19H25N5O. The summed E-state index contributed by atoms with van der Waals surface area (Å²) in [4.78, 5) is 21.4. The van der Waals surface area contributed by atoms with Crippen LogP contribution in [0.15, 0.2) is 43.0 Å². The molecular weight excluding hydrogens is 314 g/mol. The lowest BCUT2D eigenvalue weighted by Gasteiger charge is -2.32. The fraction of sp³-hybridized carbons (Fsp3) is 0.474. The average Bonchev–Trinajstić information content (AvgIpc) is 3.34. The first-order chi connectivity index (χ1) is 12.3. The van der Waals surface area contributed by atoms with E-state index in [9.17, 15) is 4.79 Å². The molecule has 0 bridgehead atoms. The Morgan fingerprint density at radius 3 is 2.68 bits per heavy atom. The van der Waals surface area contributed by atoms with E-state index in [1.54, 1.807) is 12.5 Å². The zero-order valence-electron chi connectivity index (χ0n) is 14.5. The summed E-state index contributed by atoms with van der Waals surface area (Å²) in [6, 6.07) is 8.50. The number of nitrogens with one attached hydrogen (secondary N) is 1. The summed E-state index contributed by atoms with van der Waals surface area (Å²) < 4.78 is 2.02. The van der Waals surface area contributed by atoms with Crippen LogP contribution >= 0.6 is 0 Å². The minimum absolute atomic E-state index is 0.159. The van der Waals surface area contributed by atoms with Crippen LogP contribution in [0.5, 0.6) is 0 Å². The van der Waals surface area contributed by atoms with Gasteiger partial charge in [0, 0.05) is 69.8 Å². The summed E-state index contributed by atoms with van der Waals surface area (Å²) in [6.07, 6.45) is 6.61. The Balaban J connectivity index is 1.36. The molecule has 0 radical (unpaired) electrons. The molecule has 1 aromatic carbocycles. The van der Waals surface area contributed by atoms with Gasteiger partial charge >= 0.3 is 0 Å². The molecule has 1 atom stereocenters. The largest absolute Gasteiger partial charge is 0.337 e. The van der Waals surface area contributed by atoms with E-state index in [4.69, 9.17) is 0 Å². The Morgan fingerprint density at radius 1 is 1.16 bits per heavy atom. The second-order valence-electron chi connectivity index (χ2n) is 6.91. The lowest BCUT2D eigenvalue weighted by molar-refractivity contribution is 0.0773. The molecule has 2 fully saturated rings. The normalized spacial score (nSPS) is 21.6. The number of amides is 1. The van der Waals surface area contributed by atoms with Gasteiger partial charge in [-0.05, 0) is 24.1 Å². The number of aromatic nitrogens is 2. The summed E-state index contributed by atoms with van der Waals surface area (Å²) >= 11 is 0. The lowest BCUT2D eigenvalue weighted by atomic mass is 10.1. The number of carbonyl (C=O) groups excluding carboxylic acids is 1. The summed E-state index contributed by atoms with van der Waals surface area (Å²) in [5.74, 6) is 0.159. The number of piperazine rings is 1. The number of hydrogen-bond acceptors (Lipinski definition) is 4. The van der Waals surface area contributed by atoms with Crippen LogP contribution in [-0.4, -0.2) is 70.6 Å². The maximum Gasteiger partial charge on any atom is 0.253 e. The van der Waals surface area contributed by atoms with E-state index in [-0.39, 0.29) is 5.91 Å². The number of nitrogens with zero attached hydrogens (tertiary/aromatic N) is 4. The maximum atomic E-state index is 12.8. The predicted molar refractivity (Wildman–Crippen MR) is 96.5 cm³/mol. The Labute approximate surface area is 148 Å². The highest BCUT2D eigenvalue weighted by atomic mass is 16.2. The van der Waals surface area contributed by atoms with Crippen molar-refractivity contribution in [3.05, 3.63) is 54.1 Å². The Morgan fingerprint density at radius 2 is 1.96 bits per heavy atom. The molecule has 0 spiro atoms. The number of likely N-dealkylation sites (tertiary alicyclic amines) is 1. The topological polar surface area (TPSA) is 53.4 Å². The second-order valence-corrected chi connectivity index (χ2v) is 6.91. The fourth-order valence-electron chi connectivity index (χ4n) is 3.80. The van der Waals surface area contributed by atoms with E-state index in [1.165, 1.54) is 5.56 Å². The molecule has 1 N–H and O–H groups in total. The van der Waals surface area contributed by atoms with Crippen molar-refractivity contribution in [1.29, 1.82) is 0 Å². The van der Waals surface area contributed by atoms with Crippen molar-refractivity contribution in [2.45, 2.75) is 19.0 Å². The van der Waals surface area contributed by atoms with Gasteiger partial charge in [0.15, 0.2) is 0 Å². The van der Waals surface area contributed by atoms with E-state index in [0.29, 0.717) is 6.04 Å². The number of imidazole rings is 1. The van der Waals surface area contributed by atoms with Gasteiger partial charge in [-0.2, -0.15) is 0 Å². The molecule has 2 aliphatic rings. The summed E-state index contributed by atoms with van der Waals surface area (Å²) in [5, 5.41) is 3.39. The van der Waals surface area contributed by atoms with Crippen molar-refractivity contribution < 1.29 is 4.79 Å². The van der Waals surface area contributed by atoms with Crippen molar-refractivity contribution >= 4 is 5.91 Å². The standard InChI is InChI=1S/C19H25N5O/c25-19(24-9-5-18(14-24)23-11-7-20-8-12-23)17-3-1-16(2-4-17)13-22-10-6-21-15-22/h1-4,6,10,15,18,20H,5,7-9,11-14H2. The molecule has 2 aliphatic heterocycles. The molecule has 0 aliphatic carbocycles. The molecule has 1 amide bonds. The van der Waals surface area contributed by atoms with Crippen LogP contribution < -0.4 is 5.32 Å². The van der Waals surface area contributed by atoms with Gasteiger partial charge < -0.3 is 14.8 Å². The molecule has 4 rings (SSSR count). The third kappa shape index (κ3) is 3.75. The van der Waals surface area contributed by atoms with Gasteiger partial charge in [0.2, 0.25) is 0 Å². The molecule has 3 heterocycles. The first-order valence-corrected chi connectivity index (χ1v) is 9.08. The summed E-state index contributed by atoms with van der Waals surface area (Å²) in [7, 11) is 0. The third-order valence-electron chi connectivity index (χ3n) is 5.24. The Kier molecular flexibility index (Phi) is 4.81. The minimum Gasteiger partial charge on any atom is -0.337 e. The van der Waals surface area contributed by atoms with E-state index >= 15 is 0 Å². The molecule has 6 heteroatoms. The number of hydrogen-bond donors (Lipinski definition) is 1. The van der Waals surface area contributed by atoms with Gasteiger partial charge in [0.1, 0.15) is 0 Å². The fourth-order valence-corrected chi connectivity index (χ4v) is 3.80. The first kappa shape index (κ1) is 16.3. The Bertz CT molecular complexity index is 691. The molecule has 132 valence electrons. The molecule has 25 heavy (non-hydrogen) atoms. The number of carbonyl (C=O) groups is 1. The average molecular weight is 339 g/mol. The third-order valence-corrected chi connectivity index (χ3v) is 5.24. The molecule has 0 saturated carbocycles. The van der Waals surface area contributed by atoms with E-state index in [1.807, 2.05) is 39.9 Å². The van der Waals surface area contributed by atoms with Crippen LogP contribution in [0.2, 0.25) is 0 Å². The van der Waals surface area contributed by atoms with E-state index in [0.717, 1.165) is 57.8 Å². The molecule has 2 aromatic rings. The van der Waals surface area contributed by atoms with Crippen molar-refractivity contribution in [3.8, 4) is 0 Å². The summed E-state index contributed by atoms with van der Waals surface area (Å²) in [6.45, 7) is 6.81. The summed E-state index contributed by atoms with van der Waals surface area (Å²) in [5.41, 5.74) is 1.96. The lowest BCUT2D eigenvalue weighted by Crippen LogP contribution is -2.49. The smallest absolute Gasteiger partial charge is 0.253 e. The minimum atomic E-state index is 0.159. The van der Waals surface area contributed by atoms with Crippen molar-refractivity contribution in [2.75, 3.05) is 39.3 Å². The molecule has 6 nitrogen and oxygen atoms in total. The van der Waals surface area contributed by atoms with Crippen LogP contribution in [0.1, 0.15) is 22.3 Å². The van der Waals surface area contributed by atoms with Gasteiger partial charge in [-0.25, -0.2) is 4.98 Å². The SMILES string of the molecule is O=C(c1ccc(Cn2ccnc2)cc1)N1CCC(N2CCNCC2)C1. The maximum absolute atomic E-state index is 12.8. The molecule has 1 unspecified atom stereocenters. The highest BCUT2D eigenvalue weighted by Gasteiger charge is 2.31.